The fourth-order valence-electron chi connectivity index (χ4n) is 4.21. The van der Waals surface area contributed by atoms with Crippen LogP contribution in [0.25, 0.3) is 0 Å². The van der Waals surface area contributed by atoms with Crippen LogP contribution >= 0.6 is 0 Å². The van der Waals surface area contributed by atoms with Crippen LogP contribution in [-0.2, 0) is 11.0 Å². The Morgan fingerprint density at radius 2 is 1.91 bits per heavy atom. The summed E-state index contributed by atoms with van der Waals surface area (Å²) < 4.78 is 37.7. The SMILES string of the molecule is C[C@H](NC(=O)C[C@@H]1C[C@H]2CC[C@H]1C2)c1ccc(C(F)(F)F)cc1. The minimum Gasteiger partial charge on any atom is -0.350 e. The van der Waals surface area contributed by atoms with Gasteiger partial charge in [-0.15, -0.1) is 0 Å². The van der Waals surface area contributed by atoms with Crippen molar-refractivity contribution in [1.82, 2.24) is 5.32 Å². The van der Waals surface area contributed by atoms with Crippen LogP contribution in [0.2, 0.25) is 0 Å². The van der Waals surface area contributed by atoms with Crippen LogP contribution in [-0.4, -0.2) is 5.91 Å². The van der Waals surface area contributed by atoms with Crippen molar-refractivity contribution in [3.63, 3.8) is 0 Å². The van der Waals surface area contributed by atoms with Crippen LogP contribution in [0.4, 0.5) is 13.2 Å². The van der Waals surface area contributed by atoms with Crippen molar-refractivity contribution in [3.05, 3.63) is 35.4 Å². The molecule has 2 aliphatic carbocycles. The number of carbonyl (C=O) groups is 1. The van der Waals surface area contributed by atoms with Gasteiger partial charge in [0.2, 0.25) is 5.91 Å². The number of nitrogens with one attached hydrogen (secondary N) is 1. The lowest BCUT2D eigenvalue weighted by Crippen LogP contribution is -2.29. The molecule has 1 amide bonds. The van der Waals surface area contributed by atoms with Crippen molar-refractivity contribution in [2.75, 3.05) is 0 Å². The average molecular weight is 325 g/mol. The molecule has 1 aromatic rings. The minimum atomic E-state index is -4.33. The molecule has 1 N–H and O–H groups in total. The molecule has 0 saturated heterocycles. The maximum Gasteiger partial charge on any atom is 0.416 e. The van der Waals surface area contributed by atoms with E-state index >= 15 is 0 Å². The topological polar surface area (TPSA) is 29.1 Å². The number of rotatable bonds is 4. The molecule has 4 atom stereocenters. The summed E-state index contributed by atoms with van der Waals surface area (Å²) in [5, 5.41) is 2.92. The van der Waals surface area contributed by atoms with E-state index in [1.807, 2.05) is 0 Å². The smallest absolute Gasteiger partial charge is 0.350 e. The third-order valence-electron chi connectivity index (χ3n) is 5.45. The quantitative estimate of drug-likeness (QED) is 0.853. The van der Waals surface area contributed by atoms with Gasteiger partial charge in [-0.2, -0.15) is 13.2 Å². The number of carbonyl (C=O) groups excluding carboxylic acids is 1. The van der Waals surface area contributed by atoms with Crippen LogP contribution in [0.5, 0.6) is 0 Å². The summed E-state index contributed by atoms with van der Waals surface area (Å²) in [7, 11) is 0. The van der Waals surface area contributed by atoms with Gasteiger partial charge in [0.25, 0.3) is 0 Å². The molecule has 0 aromatic heterocycles. The first-order chi connectivity index (χ1) is 10.8. The molecule has 2 saturated carbocycles. The Morgan fingerprint density at radius 1 is 1.22 bits per heavy atom. The number of hydrogen-bond acceptors (Lipinski definition) is 1. The third-order valence-corrected chi connectivity index (χ3v) is 5.45. The van der Waals surface area contributed by atoms with Gasteiger partial charge in [0.15, 0.2) is 0 Å². The van der Waals surface area contributed by atoms with Gasteiger partial charge in [-0.1, -0.05) is 18.6 Å². The van der Waals surface area contributed by atoms with E-state index in [9.17, 15) is 18.0 Å². The summed E-state index contributed by atoms with van der Waals surface area (Å²) in [4.78, 5) is 12.2. The molecule has 3 rings (SSSR count). The van der Waals surface area contributed by atoms with E-state index in [0.29, 0.717) is 23.8 Å². The van der Waals surface area contributed by atoms with Crippen LogP contribution in [0.3, 0.4) is 0 Å². The molecule has 2 bridgehead atoms. The second kappa shape index (κ2) is 6.17. The molecule has 5 heteroatoms. The lowest BCUT2D eigenvalue weighted by atomic mass is 9.86. The zero-order valence-corrected chi connectivity index (χ0v) is 13.2. The van der Waals surface area contributed by atoms with Crippen molar-refractivity contribution in [2.45, 2.75) is 51.2 Å². The second-order valence-corrected chi connectivity index (χ2v) is 7.05. The Hall–Kier alpha value is -1.52. The monoisotopic (exact) mass is 325 g/mol. The molecule has 0 spiro atoms. The zero-order chi connectivity index (χ0) is 16.6. The fraction of sp³-hybridized carbons (Fsp3) is 0.611. The standard InChI is InChI=1S/C18H22F3NO/c1-11(13-4-6-16(7-5-13)18(19,20)21)22-17(23)10-15-9-12-2-3-14(15)8-12/h4-7,11-12,14-15H,2-3,8-10H2,1H3,(H,22,23)/t11-,12-,14-,15-/m0/s1. The van der Waals surface area contributed by atoms with Gasteiger partial charge in [0, 0.05) is 6.42 Å². The highest BCUT2D eigenvalue weighted by molar-refractivity contribution is 5.76. The first-order valence-electron chi connectivity index (χ1n) is 8.29. The van der Waals surface area contributed by atoms with Gasteiger partial charge in [-0.3, -0.25) is 4.79 Å². The van der Waals surface area contributed by atoms with Crippen molar-refractivity contribution < 1.29 is 18.0 Å². The molecule has 1 aromatic carbocycles. The van der Waals surface area contributed by atoms with E-state index < -0.39 is 11.7 Å². The van der Waals surface area contributed by atoms with Crippen LogP contribution < -0.4 is 5.32 Å². The molecule has 2 fully saturated rings. The van der Waals surface area contributed by atoms with Crippen molar-refractivity contribution >= 4 is 5.91 Å². The maximum absolute atomic E-state index is 12.6. The molecule has 0 aliphatic heterocycles. The number of halogens is 3. The van der Waals surface area contributed by atoms with Gasteiger partial charge in [0.05, 0.1) is 11.6 Å². The molecule has 0 unspecified atom stereocenters. The average Bonchev–Trinajstić information content (AvgIpc) is 3.09. The first-order valence-corrected chi connectivity index (χ1v) is 8.29. The number of hydrogen-bond donors (Lipinski definition) is 1. The van der Waals surface area contributed by atoms with Crippen LogP contribution in [0.15, 0.2) is 24.3 Å². The summed E-state index contributed by atoms with van der Waals surface area (Å²) in [6.07, 6.45) is 1.21. The lowest BCUT2D eigenvalue weighted by Gasteiger charge is -2.22. The number of amides is 1. The number of alkyl halides is 3. The predicted octanol–water partition coefficient (Wildman–Crippen LogP) is 4.71. The van der Waals surface area contributed by atoms with Gasteiger partial charge >= 0.3 is 6.18 Å². The van der Waals surface area contributed by atoms with Crippen molar-refractivity contribution in [1.29, 1.82) is 0 Å². The van der Waals surface area contributed by atoms with E-state index in [0.717, 1.165) is 24.5 Å². The molecule has 2 nitrogen and oxygen atoms in total. The van der Waals surface area contributed by atoms with Crippen molar-refractivity contribution in [3.8, 4) is 0 Å². The zero-order valence-electron chi connectivity index (χ0n) is 13.2. The summed E-state index contributed by atoms with van der Waals surface area (Å²) >= 11 is 0. The Morgan fingerprint density at radius 3 is 2.43 bits per heavy atom. The molecule has 23 heavy (non-hydrogen) atoms. The Kier molecular flexibility index (Phi) is 4.39. The highest BCUT2D eigenvalue weighted by Crippen LogP contribution is 2.49. The van der Waals surface area contributed by atoms with Gasteiger partial charge < -0.3 is 5.32 Å². The van der Waals surface area contributed by atoms with Crippen molar-refractivity contribution in [2.24, 2.45) is 17.8 Å². The fourth-order valence-corrected chi connectivity index (χ4v) is 4.21. The molecule has 2 aliphatic rings. The molecular formula is C18H22F3NO. The third kappa shape index (κ3) is 3.70. The number of fused-ring (bicyclic) bond motifs is 2. The van der Waals surface area contributed by atoms with E-state index in [-0.39, 0.29) is 11.9 Å². The largest absolute Gasteiger partial charge is 0.416 e. The molecule has 126 valence electrons. The molecular weight excluding hydrogens is 303 g/mol. The van der Waals surface area contributed by atoms with E-state index in [2.05, 4.69) is 5.32 Å². The second-order valence-electron chi connectivity index (χ2n) is 7.05. The van der Waals surface area contributed by atoms with Gasteiger partial charge in [0.1, 0.15) is 0 Å². The van der Waals surface area contributed by atoms with Gasteiger partial charge in [-0.25, -0.2) is 0 Å². The van der Waals surface area contributed by atoms with Crippen LogP contribution in [0.1, 0.15) is 56.2 Å². The van der Waals surface area contributed by atoms with E-state index in [4.69, 9.17) is 0 Å². The highest BCUT2D eigenvalue weighted by atomic mass is 19.4. The lowest BCUT2D eigenvalue weighted by molar-refractivity contribution is -0.137. The molecule has 0 heterocycles. The summed E-state index contributed by atoms with van der Waals surface area (Å²) in [5.74, 6) is 2.01. The maximum atomic E-state index is 12.6. The normalized spacial score (nSPS) is 27.9. The summed E-state index contributed by atoms with van der Waals surface area (Å²) in [6.45, 7) is 1.81. The van der Waals surface area contributed by atoms with Gasteiger partial charge in [-0.05, 0) is 61.6 Å². The Bertz CT molecular complexity index is 567. The Labute approximate surface area is 134 Å². The minimum absolute atomic E-state index is 0.00921. The predicted molar refractivity (Wildman–Crippen MR) is 81.6 cm³/mol. The highest BCUT2D eigenvalue weighted by Gasteiger charge is 2.40. The summed E-state index contributed by atoms with van der Waals surface area (Å²) in [5.41, 5.74) is 0.0287. The summed E-state index contributed by atoms with van der Waals surface area (Å²) in [6, 6.07) is 4.72. The molecule has 0 radical (unpaired) electrons. The first kappa shape index (κ1) is 16.3. The van der Waals surface area contributed by atoms with E-state index in [1.165, 1.54) is 31.4 Å². The number of benzene rings is 1. The van der Waals surface area contributed by atoms with E-state index in [1.54, 1.807) is 6.92 Å². The van der Waals surface area contributed by atoms with Crippen LogP contribution in [0, 0.1) is 17.8 Å². The Balaban J connectivity index is 1.54.